The first-order valence-electron chi connectivity index (χ1n) is 8.82. The Kier molecular flexibility index (Phi) is 3.43. The Morgan fingerprint density at radius 1 is 1.15 bits per heavy atom. The SMILES string of the molecule is FC(F)(F)c1ccc(CN2CC3(C2)OCc2nc(C4CC4)ncc23)cc1. The highest BCUT2D eigenvalue weighted by atomic mass is 19.4. The number of hydrogen-bond acceptors (Lipinski definition) is 4. The third-order valence-corrected chi connectivity index (χ3v) is 5.45. The molecule has 3 heterocycles. The molecular formula is C19H18F3N3O. The number of nitrogens with zero attached hydrogens (tertiary/aromatic N) is 3. The molecular weight excluding hydrogens is 343 g/mol. The van der Waals surface area contributed by atoms with E-state index in [-0.39, 0.29) is 5.60 Å². The molecule has 0 radical (unpaired) electrons. The highest BCUT2D eigenvalue weighted by Gasteiger charge is 2.51. The Hall–Kier alpha value is -1.99. The summed E-state index contributed by atoms with van der Waals surface area (Å²) in [7, 11) is 0. The van der Waals surface area contributed by atoms with E-state index in [1.807, 2.05) is 6.20 Å². The number of benzene rings is 1. The number of likely N-dealkylation sites (tertiary alicyclic amines) is 1. The number of rotatable bonds is 3. The Balaban J connectivity index is 1.25. The van der Waals surface area contributed by atoms with Crippen LogP contribution in [0.5, 0.6) is 0 Å². The van der Waals surface area contributed by atoms with Crippen molar-refractivity contribution in [2.24, 2.45) is 0 Å². The first kappa shape index (κ1) is 16.2. The fourth-order valence-corrected chi connectivity index (χ4v) is 3.85. The van der Waals surface area contributed by atoms with Crippen LogP contribution >= 0.6 is 0 Å². The van der Waals surface area contributed by atoms with E-state index in [1.165, 1.54) is 12.8 Å². The summed E-state index contributed by atoms with van der Waals surface area (Å²) >= 11 is 0. The molecule has 1 aromatic heterocycles. The molecule has 0 N–H and O–H groups in total. The molecule has 5 rings (SSSR count). The summed E-state index contributed by atoms with van der Waals surface area (Å²) in [5.41, 5.74) is 1.98. The Labute approximate surface area is 149 Å². The van der Waals surface area contributed by atoms with Crippen LogP contribution in [0.15, 0.2) is 30.5 Å². The Bertz CT molecular complexity index is 840. The molecule has 1 aliphatic carbocycles. The van der Waals surface area contributed by atoms with Gasteiger partial charge in [0, 0.05) is 37.3 Å². The van der Waals surface area contributed by atoms with Gasteiger partial charge in [0.05, 0.1) is 17.9 Å². The van der Waals surface area contributed by atoms with Gasteiger partial charge in [-0.1, -0.05) is 12.1 Å². The van der Waals surface area contributed by atoms with Crippen LogP contribution in [0.3, 0.4) is 0 Å². The van der Waals surface area contributed by atoms with Crippen LogP contribution in [0.25, 0.3) is 0 Å². The van der Waals surface area contributed by atoms with E-state index in [4.69, 9.17) is 4.74 Å². The van der Waals surface area contributed by atoms with E-state index in [2.05, 4.69) is 14.9 Å². The first-order chi connectivity index (χ1) is 12.4. The van der Waals surface area contributed by atoms with Gasteiger partial charge in [-0.3, -0.25) is 4.90 Å². The molecule has 2 fully saturated rings. The van der Waals surface area contributed by atoms with Crippen LogP contribution in [0.4, 0.5) is 13.2 Å². The summed E-state index contributed by atoms with van der Waals surface area (Å²) in [5, 5.41) is 0. The van der Waals surface area contributed by atoms with Crippen molar-refractivity contribution in [3.8, 4) is 0 Å². The van der Waals surface area contributed by atoms with E-state index in [1.54, 1.807) is 12.1 Å². The van der Waals surface area contributed by atoms with Gasteiger partial charge >= 0.3 is 6.18 Å². The first-order valence-corrected chi connectivity index (χ1v) is 8.82. The minimum absolute atomic E-state index is 0.344. The predicted molar refractivity (Wildman–Crippen MR) is 87.2 cm³/mol. The zero-order chi connectivity index (χ0) is 17.9. The van der Waals surface area contributed by atoms with Crippen molar-refractivity contribution in [1.82, 2.24) is 14.9 Å². The van der Waals surface area contributed by atoms with E-state index in [0.29, 0.717) is 32.2 Å². The summed E-state index contributed by atoms with van der Waals surface area (Å²) < 4.78 is 44.0. The second-order valence-electron chi connectivity index (χ2n) is 7.49. The van der Waals surface area contributed by atoms with Crippen molar-refractivity contribution in [3.05, 3.63) is 58.7 Å². The number of hydrogen-bond donors (Lipinski definition) is 0. The third kappa shape index (κ3) is 2.70. The van der Waals surface area contributed by atoms with Crippen molar-refractivity contribution in [3.63, 3.8) is 0 Å². The number of fused-ring (bicyclic) bond motifs is 2. The summed E-state index contributed by atoms with van der Waals surface area (Å²) in [6.45, 7) is 2.56. The van der Waals surface area contributed by atoms with Gasteiger partial charge < -0.3 is 4.74 Å². The van der Waals surface area contributed by atoms with Crippen molar-refractivity contribution in [2.75, 3.05) is 13.1 Å². The molecule has 2 aliphatic heterocycles. The average Bonchev–Trinajstić information content (AvgIpc) is 3.36. The van der Waals surface area contributed by atoms with Crippen LogP contribution in [-0.2, 0) is 29.7 Å². The molecule has 0 bridgehead atoms. The highest BCUT2D eigenvalue weighted by molar-refractivity contribution is 5.34. The number of ether oxygens (including phenoxy) is 1. The van der Waals surface area contributed by atoms with E-state index >= 15 is 0 Å². The third-order valence-electron chi connectivity index (χ3n) is 5.45. The van der Waals surface area contributed by atoms with E-state index in [0.717, 1.165) is 34.8 Å². The standard InChI is InChI=1S/C19H18F3N3O/c20-19(21,22)14-5-1-12(2-6-14)8-25-10-18(11-25)15-7-23-17(13-3-4-13)24-16(15)9-26-18/h1-2,5-7,13H,3-4,8-11H2. The molecule has 26 heavy (non-hydrogen) atoms. The van der Waals surface area contributed by atoms with Crippen LogP contribution in [0.1, 0.15) is 47.0 Å². The molecule has 0 unspecified atom stereocenters. The molecule has 0 amide bonds. The minimum atomic E-state index is -4.29. The lowest BCUT2D eigenvalue weighted by atomic mass is 9.87. The summed E-state index contributed by atoms with van der Waals surface area (Å²) in [6, 6.07) is 5.36. The molecule has 0 atom stereocenters. The fraction of sp³-hybridized carbons (Fsp3) is 0.474. The second-order valence-corrected chi connectivity index (χ2v) is 7.49. The lowest BCUT2D eigenvalue weighted by Gasteiger charge is -2.47. The quantitative estimate of drug-likeness (QED) is 0.837. The molecule has 3 aliphatic rings. The molecule has 4 nitrogen and oxygen atoms in total. The van der Waals surface area contributed by atoms with Crippen LogP contribution in [-0.4, -0.2) is 28.0 Å². The van der Waals surface area contributed by atoms with Crippen molar-refractivity contribution < 1.29 is 17.9 Å². The van der Waals surface area contributed by atoms with Crippen LogP contribution in [0, 0.1) is 0 Å². The van der Waals surface area contributed by atoms with E-state index < -0.39 is 11.7 Å². The minimum Gasteiger partial charge on any atom is -0.361 e. The van der Waals surface area contributed by atoms with Crippen LogP contribution in [0.2, 0.25) is 0 Å². The van der Waals surface area contributed by atoms with Crippen LogP contribution < -0.4 is 0 Å². The topological polar surface area (TPSA) is 38.2 Å². The largest absolute Gasteiger partial charge is 0.416 e. The van der Waals surface area contributed by atoms with Gasteiger partial charge in [-0.05, 0) is 30.5 Å². The monoisotopic (exact) mass is 361 g/mol. The highest BCUT2D eigenvalue weighted by Crippen LogP contribution is 2.45. The van der Waals surface area contributed by atoms with Gasteiger partial charge in [0.2, 0.25) is 0 Å². The lowest BCUT2D eigenvalue weighted by Crippen LogP contribution is -2.58. The lowest BCUT2D eigenvalue weighted by molar-refractivity contribution is -0.145. The Morgan fingerprint density at radius 2 is 1.88 bits per heavy atom. The summed E-state index contributed by atoms with van der Waals surface area (Å²) in [5.74, 6) is 1.46. The van der Waals surface area contributed by atoms with Gasteiger partial charge in [-0.25, -0.2) is 9.97 Å². The van der Waals surface area contributed by atoms with Gasteiger partial charge in [-0.15, -0.1) is 0 Å². The molecule has 136 valence electrons. The van der Waals surface area contributed by atoms with Crippen molar-refractivity contribution in [1.29, 1.82) is 0 Å². The predicted octanol–water partition coefficient (Wildman–Crippen LogP) is 3.61. The fourth-order valence-electron chi connectivity index (χ4n) is 3.85. The molecule has 1 aromatic carbocycles. The van der Waals surface area contributed by atoms with E-state index in [9.17, 15) is 13.2 Å². The average molecular weight is 361 g/mol. The number of aromatic nitrogens is 2. The number of alkyl halides is 3. The molecule has 1 saturated heterocycles. The maximum atomic E-state index is 12.6. The second kappa shape index (κ2) is 5.50. The van der Waals surface area contributed by atoms with Crippen molar-refractivity contribution in [2.45, 2.75) is 43.7 Å². The van der Waals surface area contributed by atoms with Gasteiger partial charge in [-0.2, -0.15) is 13.2 Å². The molecule has 7 heteroatoms. The van der Waals surface area contributed by atoms with Crippen molar-refractivity contribution >= 4 is 0 Å². The normalized spacial score (nSPS) is 21.7. The molecule has 2 aromatic rings. The van der Waals surface area contributed by atoms with Gasteiger partial charge in [0.1, 0.15) is 11.4 Å². The summed E-state index contributed by atoms with van der Waals surface area (Å²) in [6.07, 6.45) is -0.0318. The smallest absolute Gasteiger partial charge is 0.361 e. The Morgan fingerprint density at radius 3 is 2.54 bits per heavy atom. The summed E-state index contributed by atoms with van der Waals surface area (Å²) in [4.78, 5) is 11.4. The molecule has 1 saturated carbocycles. The zero-order valence-corrected chi connectivity index (χ0v) is 14.1. The maximum Gasteiger partial charge on any atom is 0.416 e. The number of halogens is 3. The zero-order valence-electron chi connectivity index (χ0n) is 14.1. The van der Waals surface area contributed by atoms with Gasteiger partial charge in [0.15, 0.2) is 0 Å². The maximum absolute atomic E-state index is 12.6. The van der Waals surface area contributed by atoms with Gasteiger partial charge in [0.25, 0.3) is 0 Å². The molecule has 1 spiro atoms.